The molecule has 1 atom stereocenters. The lowest BCUT2D eigenvalue weighted by Gasteiger charge is -1.93. The highest BCUT2D eigenvalue weighted by Gasteiger charge is 2.29. The molecule has 0 aromatic carbocycles. The number of nitrogens with zero attached hydrogens (tertiary/aromatic N) is 1. The molecule has 0 saturated carbocycles. The van der Waals surface area contributed by atoms with Gasteiger partial charge in [-0.2, -0.15) is 0 Å². The molecule has 2 heterocycles. The molecule has 2 rings (SSSR count). The summed E-state index contributed by atoms with van der Waals surface area (Å²) in [4.78, 5) is 14.5. The summed E-state index contributed by atoms with van der Waals surface area (Å²) in [6, 6.07) is 1.50. The van der Waals surface area contributed by atoms with E-state index in [1.54, 1.807) is 0 Å². The van der Waals surface area contributed by atoms with Gasteiger partial charge in [0.2, 0.25) is 6.17 Å². The summed E-state index contributed by atoms with van der Waals surface area (Å²) >= 11 is 0. The molecule has 1 aliphatic rings. The van der Waals surface area contributed by atoms with Crippen LogP contribution in [0.3, 0.4) is 0 Å². The van der Waals surface area contributed by atoms with Crippen LogP contribution >= 0.6 is 0 Å². The molecule has 3 nitrogen and oxygen atoms in total. The zero-order valence-electron chi connectivity index (χ0n) is 5.54. The third-order valence-corrected chi connectivity index (χ3v) is 1.62. The lowest BCUT2D eigenvalue weighted by Crippen LogP contribution is -2.07. The van der Waals surface area contributed by atoms with Crippen molar-refractivity contribution in [3.8, 4) is 0 Å². The van der Waals surface area contributed by atoms with Crippen molar-refractivity contribution in [1.82, 2.24) is 4.98 Å². The molecule has 0 aliphatic carbocycles. The Morgan fingerprint density at radius 1 is 1.64 bits per heavy atom. The van der Waals surface area contributed by atoms with E-state index in [0.29, 0.717) is 11.3 Å². The molecule has 0 unspecified atom stereocenters. The second-order valence-corrected chi connectivity index (χ2v) is 2.31. The predicted molar refractivity (Wildman–Crippen MR) is 36.7 cm³/mol. The van der Waals surface area contributed by atoms with Crippen molar-refractivity contribution < 1.29 is 9.18 Å². The van der Waals surface area contributed by atoms with Gasteiger partial charge in [0, 0.05) is 11.8 Å². The van der Waals surface area contributed by atoms with E-state index in [1.165, 1.54) is 18.5 Å². The first kappa shape index (κ1) is 6.27. The van der Waals surface area contributed by atoms with Crippen LogP contribution in [0.15, 0.2) is 18.5 Å². The molecule has 1 aromatic heterocycles. The van der Waals surface area contributed by atoms with Gasteiger partial charge in [-0.05, 0) is 6.07 Å². The zero-order chi connectivity index (χ0) is 7.84. The molecule has 0 radical (unpaired) electrons. The molecule has 0 bridgehead atoms. The van der Waals surface area contributed by atoms with Gasteiger partial charge in [0.25, 0.3) is 5.91 Å². The Labute approximate surface area is 62.3 Å². The number of pyridine rings is 1. The van der Waals surface area contributed by atoms with Crippen LogP contribution in [0.2, 0.25) is 0 Å². The molecule has 0 saturated heterocycles. The summed E-state index contributed by atoms with van der Waals surface area (Å²) in [5.74, 6) is -0.604. The normalized spacial score (nSPS) is 21.2. The predicted octanol–water partition coefficient (Wildman–Crippen LogP) is 1.04. The van der Waals surface area contributed by atoms with Crippen molar-refractivity contribution in [2.45, 2.75) is 6.17 Å². The Morgan fingerprint density at radius 2 is 2.45 bits per heavy atom. The second-order valence-electron chi connectivity index (χ2n) is 2.31. The fraction of sp³-hybridized carbons (Fsp3) is 0.143. The number of halogens is 1. The Kier molecular flexibility index (Phi) is 1.15. The third kappa shape index (κ3) is 0.790. The maximum atomic E-state index is 12.9. The number of hydrogen-bond acceptors (Lipinski definition) is 2. The Balaban J connectivity index is 2.55. The van der Waals surface area contributed by atoms with E-state index in [9.17, 15) is 9.18 Å². The van der Waals surface area contributed by atoms with Gasteiger partial charge in [-0.25, -0.2) is 4.39 Å². The largest absolute Gasteiger partial charge is 0.322 e. The molecule has 56 valence electrons. The minimum atomic E-state index is -1.52. The second kappa shape index (κ2) is 2.02. The first-order valence-electron chi connectivity index (χ1n) is 3.18. The molecule has 1 aromatic rings. The zero-order valence-corrected chi connectivity index (χ0v) is 5.54. The van der Waals surface area contributed by atoms with Crippen molar-refractivity contribution in [1.29, 1.82) is 0 Å². The number of aromatic nitrogens is 1. The highest BCUT2D eigenvalue weighted by molar-refractivity contribution is 6.01. The first-order chi connectivity index (χ1) is 5.29. The smallest absolute Gasteiger partial charge is 0.263 e. The Morgan fingerprint density at radius 3 is 3.18 bits per heavy atom. The summed E-state index contributed by atoms with van der Waals surface area (Å²) in [6.07, 6.45) is 1.38. The SMILES string of the molecule is O=C1Nc2cnccc2[C@@H]1F. The van der Waals surface area contributed by atoms with Gasteiger partial charge >= 0.3 is 0 Å². The number of alkyl halides is 1. The number of carbonyl (C=O) groups is 1. The molecule has 1 N–H and O–H groups in total. The number of amides is 1. The number of fused-ring (bicyclic) bond motifs is 1. The number of nitrogens with one attached hydrogen (secondary N) is 1. The van der Waals surface area contributed by atoms with E-state index in [4.69, 9.17) is 0 Å². The lowest BCUT2D eigenvalue weighted by atomic mass is 10.2. The highest BCUT2D eigenvalue weighted by Crippen LogP contribution is 2.31. The molecule has 0 spiro atoms. The molecule has 4 heteroatoms. The lowest BCUT2D eigenvalue weighted by molar-refractivity contribution is -0.120. The van der Waals surface area contributed by atoms with Gasteiger partial charge in [0.1, 0.15) is 0 Å². The quantitative estimate of drug-likeness (QED) is 0.603. The van der Waals surface area contributed by atoms with Gasteiger partial charge in [0.05, 0.1) is 11.9 Å². The fourth-order valence-corrected chi connectivity index (χ4v) is 1.07. The van der Waals surface area contributed by atoms with Crippen molar-refractivity contribution in [2.75, 3.05) is 5.32 Å². The highest BCUT2D eigenvalue weighted by atomic mass is 19.1. The minimum Gasteiger partial charge on any atom is -0.322 e. The van der Waals surface area contributed by atoms with E-state index >= 15 is 0 Å². The summed E-state index contributed by atoms with van der Waals surface area (Å²) in [7, 11) is 0. The average molecular weight is 152 g/mol. The van der Waals surface area contributed by atoms with Crippen molar-refractivity contribution in [3.05, 3.63) is 24.0 Å². The van der Waals surface area contributed by atoms with E-state index in [1.807, 2.05) is 0 Å². The van der Waals surface area contributed by atoms with Crippen molar-refractivity contribution in [2.24, 2.45) is 0 Å². The van der Waals surface area contributed by atoms with E-state index in [-0.39, 0.29) is 0 Å². The van der Waals surface area contributed by atoms with Crippen LogP contribution < -0.4 is 5.32 Å². The molecule has 1 amide bonds. The summed E-state index contributed by atoms with van der Waals surface area (Å²) in [6.45, 7) is 0. The topological polar surface area (TPSA) is 42.0 Å². The van der Waals surface area contributed by atoms with E-state index in [2.05, 4.69) is 10.3 Å². The third-order valence-electron chi connectivity index (χ3n) is 1.62. The molecular weight excluding hydrogens is 147 g/mol. The van der Waals surface area contributed by atoms with E-state index in [0.717, 1.165) is 0 Å². The Bertz CT molecular complexity index is 313. The van der Waals surface area contributed by atoms with Crippen LogP contribution in [-0.4, -0.2) is 10.9 Å². The minimum absolute atomic E-state index is 0.380. The van der Waals surface area contributed by atoms with Crippen LogP contribution in [0.1, 0.15) is 11.7 Å². The summed E-state index contributed by atoms with van der Waals surface area (Å²) in [5, 5.41) is 2.37. The van der Waals surface area contributed by atoms with Crippen LogP contribution in [-0.2, 0) is 4.79 Å². The monoisotopic (exact) mass is 152 g/mol. The number of rotatable bonds is 0. The number of anilines is 1. The van der Waals surface area contributed by atoms with Gasteiger partial charge in [-0.15, -0.1) is 0 Å². The average Bonchev–Trinajstić information content (AvgIpc) is 2.30. The molecular formula is C7H5FN2O. The molecule has 0 fully saturated rings. The van der Waals surface area contributed by atoms with E-state index < -0.39 is 12.1 Å². The van der Waals surface area contributed by atoms with Gasteiger partial charge in [0.15, 0.2) is 0 Å². The fourth-order valence-electron chi connectivity index (χ4n) is 1.07. The summed E-state index contributed by atoms with van der Waals surface area (Å²) < 4.78 is 12.9. The standard InChI is InChI=1S/C7H5FN2O/c8-6-4-1-2-9-3-5(4)10-7(6)11/h1-3,6H,(H,10,11)/t6-/m0/s1. The van der Waals surface area contributed by atoms with Crippen molar-refractivity contribution >= 4 is 11.6 Å². The van der Waals surface area contributed by atoms with Crippen molar-refractivity contribution in [3.63, 3.8) is 0 Å². The maximum Gasteiger partial charge on any atom is 0.263 e. The molecule has 11 heavy (non-hydrogen) atoms. The van der Waals surface area contributed by atoms with Crippen LogP contribution in [0.5, 0.6) is 0 Å². The Hall–Kier alpha value is -1.45. The molecule has 1 aliphatic heterocycles. The maximum absolute atomic E-state index is 12.9. The van der Waals surface area contributed by atoms with Gasteiger partial charge in [-0.1, -0.05) is 0 Å². The van der Waals surface area contributed by atoms with Gasteiger partial charge in [-0.3, -0.25) is 9.78 Å². The van der Waals surface area contributed by atoms with Gasteiger partial charge < -0.3 is 5.32 Å². The van der Waals surface area contributed by atoms with Crippen LogP contribution in [0, 0.1) is 0 Å². The number of hydrogen-bond donors (Lipinski definition) is 1. The van der Waals surface area contributed by atoms with Crippen LogP contribution in [0.25, 0.3) is 0 Å². The number of carbonyl (C=O) groups excluding carboxylic acids is 1. The summed E-state index contributed by atoms with van der Waals surface area (Å²) in [5.41, 5.74) is 0.856. The van der Waals surface area contributed by atoms with Crippen LogP contribution in [0.4, 0.5) is 10.1 Å². The first-order valence-corrected chi connectivity index (χ1v) is 3.18.